The van der Waals surface area contributed by atoms with Crippen LogP contribution in [0.4, 0.5) is 20.6 Å². The van der Waals surface area contributed by atoms with Crippen LogP contribution in [0, 0.1) is 18.7 Å². The minimum atomic E-state index is -2.04. The van der Waals surface area contributed by atoms with Gasteiger partial charge in [-0.2, -0.15) is 0 Å². The van der Waals surface area contributed by atoms with Crippen LogP contribution >= 0.6 is 0 Å². The molecule has 0 saturated heterocycles. The van der Waals surface area contributed by atoms with E-state index in [1.165, 1.54) is 36.6 Å². The molecule has 8 N–H and O–H groups in total. The number of amides is 5. The number of rotatable bonds is 13. The lowest BCUT2D eigenvalue weighted by molar-refractivity contribution is -0.172. The van der Waals surface area contributed by atoms with Crippen LogP contribution in [-0.2, 0) is 65.2 Å². The number of aliphatic hydroxyl groups is 1. The van der Waals surface area contributed by atoms with E-state index in [0.717, 1.165) is 5.56 Å². The van der Waals surface area contributed by atoms with Crippen molar-refractivity contribution in [2.45, 2.75) is 111 Å². The zero-order chi connectivity index (χ0) is 46.4. The van der Waals surface area contributed by atoms with Crippen LogP contribution in [-0.4, -0.2) is 69.0 Å². The van der Waals surface area contributed by atoms with Crippen molar-refractivity contribution in [1.82, 2.24) is 25.5 Å². The molecule has 2 aliphatic heterocycles. The molecule has 0 saturated carbocycles. The van der Waals surface area contributed by atoms with Crippen LogP contribution in [0.1, 0.15) is 98.9 Å². The number of aromatic nitrogens is 2. The molecule has 18 nitrogen and oxygen atoms in total. The van der Waals surface area contributed by atoms with E-state index in [1.807, 2.05) is 0 Å². The van der Waals surface area contributed by atoms with E-state index in [1.54, 1.807) is 39.8 Å². The number of ether oxygens (including phenoxy) is 2. The molecule has 64 heavy (non-hydrogen) atoms. The van der Waals surface area contributed by atoms with Gasteiger partial charge < -0.3 is 51.5 Å². The maximum absolute atomic E-state index is 15.4. The summed E-state index contributed by atoms with van der Waals surface area (Å²) in [5, 5.41) is 25.6. The summed E-state index contributed by atoms with van der Waals surface area (Å²) in [4.78, 5) is 95.8. The predicted octanol–water partition coefficient (Wildman–Crippen LogP) is 3.33. The van der Waals surface area contributed by atoms with Crippen molar-refractivity contribution in [3.8, 4) is 11.4 Å². The van der Waals surface area contributed by atoms with E-state index in [2.05, 4.69) is 26.6 Å². The number of carbonyl (C=O) groups is 6. The molecule has 0 radical (unpaired) electrons. The van der Waals surface area contributed by atoms with Crippen molar-refractivity contribution in [3.63, 3.8) is 0 Å². The van der Waals surface area contributed by atoms with Crippen molar-refractivity contribution in [1.29, 1.82) is 0 Å². The normalized spacial score (nSPS) is 17.9. The highest BCUT2D eigenvalue weighted by Crippen LogP contribution is 2.46. The second-order valence-corrected chi connectivity index (χ2v) is 16.7. The molecule has 0 unspecified atom stereocenters. The topological polar surface area (TPSA) is 262 Å². The van der Waals surface area contributed by atoms with Crippen molar-refractivity contribution in [2.75, 3.05) is 17.2 Å². The quantitative estimate of drug-likeness (QED) is 0.0841. The summed E-state index contributed by atoms with van der Waals surface area (Å²) < 4.78 is 27.8. The van der Waals surface area contributed by atoms with Gasteiger partial charge in [0.25, 0.3) is 5.56 Å². The highest BCUT2D eigenvalue weighted by molar-refractivity contribution is 6.03. The highest BCUT2D eigenvalue weighted by atomic mass is 19.1. The molecule has 338 valence electrons. The van der Waals surface area contributed by atoms with E-state index in [4.69, 9.17) is 20.2 Å². The molecule has 0 spiro atoms. The number of esters is 1. The number of carbonyl (C=O) groups excluding carboxylic acids is 6. The van der Waals surface area contributed by atoms with Gasteiger partial charge in [0.15, 0.2) is 5.60 Å². The number of pyridine rings is 2. The second-order valence-electron chi connectivity index (χ2n) is 16.7. The number of anilines is 2. The van der Waals surface area contributed by atoms with Crippen molar-refractivity contribution in [2.24, 2.45) is 11.7 Å². The minimum absolute atomic E-state index is 0.0253. The first-order chi connectivity index (χ1) is 30.4. The highest BCUT2D eigenvalue weighted by Gasteiger charge is 2.46. The maximum atomic E-state index is 15.4. The average Bonchev–Trinajstić information content (AvgIpc) is 3.62. The Morgan fingerprint density at radius 3 is 2.47 bits per heavy atom. The number of cyclic esters (lactones) is 1. The number of hydrogen-bond acceptors (Lipinski definition) is 12. The molecule has 4 aromatic rings. The molecule has 2 aromatic heterocycles. The number of alkyl carbamates (subject to hydrolysis) is 1. The monoisotopic (exact) mass is 882 g/mol. The molecule has 2 aromatic carbocycles. The third-order valence-corrected chi connectivity index (χ3v) is 12.1. The summed E-state index contributed by atoms with van der Waals surface area (Å²) in [7, 11) is 0. The summed E-state index contributed by atoms with van der Waals surface area (Å²) in [6, 6.07) is 4.93. The van der Waals surface area contributed by atoms with Gasteiger partial charge in [-0.1, -0.05) is 26.8 Å². The smallest absolute Gasteiger partial charge is 0.407 e. The first-order valence-electron chi connectivity index (χ1n) is 21.1. The minimum Gasteiger partial charge on any atom is -0.458 e. The van der Waals surface area contributed by atoms with E-state index in [-0.39, 0.29) is 67.6 Å². The van der Waals surface area contributed by atoms with E-state index >= 15 is 4.39 Å². The van der Waals surface area contributed by atoms with Crippen molar-refractivity contribution in [3.05, 3.63) is 85.4 Å². The number of nitrogens with one attached hydrogen (secondary N) is 5. The molecular formula is C45H51FN8O10. The number of benzene rings is 2. The van der Waals surface area contributed by atoms with Crippen molar-refractivity contribution < 1.29 is 47.7 Å². The average molecular weight is 883 g/mol. The van der Waals surface area contributed by atoms with Crippen LogP contribution in [0.25, 0.3) is 22.3 Å². The molecule has 4 atom stereocenters. The van der Waals surface area contributed by atoms with Gasteiger partial charge >= 0.3 is 12.1 Å². The lowest BCUT2D eigenvalue weighted by Gasteiger charge is -2.31. The molecule has 7 rings (SSSR count). The SMILES string of the molecule is CC[C@@]1(O)C(=O)OCc2c1cc1n(c2=O)Cc2c-1nc1cc(F)c(C)c3c1c2[C@@H](NC(=O)OCc1ccc(NC(=O)[C@H](C)NC(=O)[C@@H](NC(C)=O)C(C)C)c(NC(=O)CCN)c1)CC3. The third kappa shape index (κ3) is 8.39. The van der Waals surface area contributed by atoms with Crippen molar-refractivity contribution >= 4 is 58.0 Å². The van der Waals surface area contributed by atoms with Crippen LogP contribution in [0.15, 0.2) is 35.1 Å². The molecule has 5 amide bonds. The van der Waals surface area contributed by atoms with Crippen LogP contribution in [0.5, 0.6) is 0 Å². The molecule has 0 bridgehead atoms. The fourth-order valence-electron chi connectivity index (χ4n) is 8.63. The standard InChI is InChI=1S/C45H51FN8O10/c1-7-45(62)28-15-34-39-26(17-54(34)42(59)27(28)19-63-43(45)60)37-31(11-9-25-21(4)29(46)16-33(51-39)36(25)37)53-44(61)64-18-24-8-10-30(32(14-24)50-35(56)12-13-47)52-40(57)22(5)48-41(58)38(20(2)3)49-23(6)55/h8,10,14-16,20,22,31,38,62H,7,9,11-13,17-19,47H2,1-6H3,(H,48,58)(H,49,55)(H,50,56)(H,52,57)(H,53,61)/t22-,31-,38-,45-/m0/s1. The Morgan fingerprint density at radius 2 is 1.78 bits per heavy atom. The number of nitrogens with zero attached hydrogens (tertiary/aromatic N) is 2. The Hall–Kier alpha value is -6.73. The number of fused-ring (bicyclic) bond motifs is 5. The summed E-state index contributed by atoms with van der Waals surface area (Å²) in [6.07, 6.45) is -0.110. The van der Waals surface area contributed by atoms with Gasteiger partial charge in [0.1, 0.15) is 31.1 Å². The second kappa shape index (κ2) is 17.8. The molecule has 4 heterocycles. The molecular weight excluding hydrogens is 832 g/mol. The summed E-state index contributed by atoms with van der Waals surface area (Å²) >= 11 is 0. The number of hydrogen-bond donors (Lipinski definition) is 7. The van der Waals surface area contributed by atoms with Gasteiger partial charge in [0.2, 0.25) is 23.6 Å². The van der Waals surface area contributed by atoms with Gasteiger partial charge in [0.05, 0.1) is 46.4 Å². The third-order valence-electron chi connectivity index (χ3n) is 12.1. The van der Waals surface area contributed by atoms with E-state index < -0.39 is 70.8 Å². The van der Waals surface area contributed by atoms with Gasteiger partial charge in [-0.25, -0.2) is 19.0 Å². The number of aryl methyl sites for hydroxylation is 1. The maximum Gasteiger partial charge on any atom is 0.407 e. The lowest BCUT2D eigenvalue weighted by atomic mass is 9.81. The summed E-state index contributed by atoms with van der Waals surface area (Å²) in [6.45, 7) is 9.09. The fourth-order valence-corrected chi connectivity index (χ4v) is 8.63. The Kier molecular flexibility index (Phi) is 12.6. The Labute approximate surface area is 366 Å². The van der Waals surface area contributed by atoms with E-state index in [0.29, 0.717) is 57.4 Å². The zero-order valence-electron chi connectivity index (χ0n) is 36.3. The molecule has 3 aliphatic rings. The molecule has 19 heteroatoms. The Morgan fingerprint density at radius 1 is 1.03 bits per heavy atom. The van der Waals surface area contributed by atoms with Crippen LogP contribution in [0.2, 0.25) is 0 Å². The molecule has 0 fully saturated rings. The summed E-state index contributed by atoms with van der Waals surface area (Å²) in [5.74, 6) is -3.58. The van der Waals surface area contributed by atoms with Crippen LogP contribution < -0.4 is 37.9 Å². The fraction of sp³-hybridized carbons (Fsp3) is 0.422. The first-order valence-corrected chi connectivity index (χ1v) is 21.1. The largest absolute Gasteiger partial charge is 0.458 e. The van der Waals surface area contributed by atoms with Gasteiger partial charge in [-0.05, 0) is 79.5 Å². The number of halogens is 1. The number of nitrogens with two attached hydrogens (primary N) is 1. The predicted molar refractivity (Wildman–Crippen MR) is 231 cm³/mol. The van der Waals surface area contributed by atoms with Crippen LogP contribution in [0.3, 0.4) is 0 Å². The lowest BCUT2D eigenvalue weighted by Crippen LogP contribution is -2.53. The van der Waals surface area contributed by atoms with Gasteiger partial charge in [0, 0.05) is 42.5 Å². The van der Waals surface area contributed by atoms with E-state index in [9.17, 15) is 38.7 Å². The first kappa shape index (κ1) is 45.3. The van der Waals surface area contributed by atoms with Gasteiger partial charge in [-0.3, -0.25) is 24.0 Å². The summed E-state index contributed by atoms with van der Waals surface area (Å²) in [5.41, 5.74) is 7.61. The van der Waals surface area contributed by atoms with Gasteiger partial charge in [-0.15, -0.1) is 0 Å². The zero-order valence-corrected chi connectivity index (χ0v) is 36.3. The molecule has 1 aliphatic carbocycles. The Bertz CT molecular complexity index is 2700. The Balaban J connectivity index is 1.13.